The van der Waals surface area contributed by atoms with Crippen LogP contribution in [0.2, 0.25) is 5.02 Å². The number of aromatic nitrogens is 2. The van der Waals surface area contributed by atoms with E-state index in [4.69, 9.17) is 11.6 Å². The molecule has 0 amide bonds. The van der Waals surface area contributed by atoms with Gasteiger partial charge in [-0.25, -0.2) is 4.39 Å². The number of rotatable bonds is 3. The van der Waals surface area contributed by atoms with Gasteiger partial charge in [-0.3, -0.25) is 0 Å². The van der Waals surface area contributed by atoms with Crippen LogP contribution >= 0.6 is 23.1 Å². The third-order valence-corrected chi connectivity index (χ3v) is 3.54. The van der Waals surface area contributed by atoms with E-state index in [1.54, 1.807) is 12.1 Å². The summed E-state index contributed by atoms with van der Waals surface area (Å²) in [5, 5.41) is 7.59. The highest BCUT2D eigenvalue weighted by Gasteiger charge is 2.15. The van der Waals surface area contributed by atoms with E-state index < -0.39 is 5.82 Å². The fourth-order valence-corrected chi connectivity index (χ4v) is 2.32. The molecular weight excluding hydrogens is 285 g/mol. The van der Waals surface area contributed by atoms with Crippen LogP contribution < -0.4 is 5.32 Å². The van der Waals surface area contributed by atoms with Gasteiger partial charge in [-0.1, -0.05) is 16.1 Å². The third kappa shape index (κ3) is 3.72. The van der Waals surface area contributed by atoms with Crippen molar-refractivity contribution in [1.29, 1.82) is 0 Å². The second kappa shape index (κ2) is 5.53. The van der Waals surface area contributed by atoms with Gasteiger partial charge in [-0.05, 0) is 50.5 Å². The molecule has 102 valence electrons. The summed E-state index contributed by atoms with van der Waals surface area (Å²) in [5.74, 6) is -0.428. The third-order valence-electron chi connectivity index (χ3n) is 2.53. The first kappa shape index (κ1) is 14.4. The lowest BCUT2D eigenvalue weighted by atomic mass is 10.1. The average Bonchev–Trinajstić information content (AvgIpc) is 2.77. The first-order chi connectivity index (χ1) is 8.87. The van der Waals surface area contributed by atoms with Crippen LogP contribution in [0, 0.1) is 5.82 Å². The maximum atomic E-state index is 13.2. The summed E-state index contributed by atoms with van der Waals surface area (Å²) in [6.45, 7) is 6.95. The molecule has 2 rings (SSSR count). The van der Waals surface area contributed by atoms with Crippen molar-refractivity contribution in [2.24, 2.45) is 0 Å². The van der Waals surface area contributed by atoms with Gasteiger partial charge >= 0.3 is 0 Å². The smallest absolute Gasteiger partial charge is 0.141 e. The molecule has 0 unspecified atom stereocenters. The van der Waals surface area contributed by atoms with E-state index >= 15 is 0 Å². The molecule has 1 aromatic heterocycles. The minimum absolute atomic E-state index is 0.0156. The normalized spacial score (nSPS) is 11.8. The van der Waals surface area contributed by atoms with Crippen LogP contribution in [0.1, 0.15) is 25.6 Å². The summed E-state index contributed by atoms with van der Waals surface area (Å²) in [7, 11) is 0. The number of nitrogens with zero attached hydrogens (tertiary/aromatic N) is 2. The highest BCUT2D eigenvalue weighted by atomic mass is 35.5. The fraction of sp³-hybridized carbons (Fsp3) is 0.385. The molecule has 0 aliphatic rings. The SMILES string of the molecule is CC(C)(C)NCc1snnc1-c1ccc(F)c(Cl)c1. The molecule has 0 radical (unpaired) electrons. The Kier molecular flexibility index (Phi) is 4.18. The molecule has 1 N–H and O–H groups in total. The lowest BCUT2D eigenvalue weighted by Crippen LogP contribution is -2.34. The molecule has 0 aliphatic carbocycles. The highest BCUT2D eigenvalue weighted by molar-refractivity contribution is 7.05. The molecule has 0 fully saturated rings. The van der Waals surface area contributed by atoms with Gasteiger partial charge in [0.2, 0.25) is 0 Å². The highest BCUT2D eigenvalue weighted by Crippen LogP contribution is 2.27. The van der Waals surface area contributed by atoms with Crippen LogP contribution in [0.3, 0.4) is 0 Å². The molecule has 1 aromatic carbocycles. The van der Waals surface area contributed by atoms with Crippen molar-refractivity contribution in [3.63, 3.8) is 0 Å². The molecule has 0 aliphatic heterocycles. The van der Waals surface area contributed by atoms with Gasteiger partial charge in [-0.15, -0.1) is 5.10 Å². The molecule has 0 saturated heterocycles. The van der Waals surface area contributed by atoms with E-state index in [2.05, 4.69) is 35.7 Å². The Labute approximate surface area is 121 Å². The molecule has 19 heavy (non-hydrogen) atoms. The number of benzene rings is 1. The summed E-state index contributed by atoms with van der Waals surface area (Å²) in [6, 6.07) is 4.59. The van der Waals surface area contributed by atoms with Crippen molar-refractivity contribution in [2.75, 3.05) is 0 Å². The maximum absolute atomic E-state index is 13.2. The van der Waals surface area contributed by atoms with Crippen molar-refractivity contribution < 1.29 is 4.39 Å². The van der Waals surface area contributed by atoms with Crippen molar-refractivity contribution in [1.82, 2.24) is 14.9 Å². The van der Waals surface area contributed by atoms with E-state index in [-0.39, 0.29) is 10.6 Å². The molecule has 1 heterocycles. The number of halogens is 2. The Morgan fingerprint density at radius 2 is 2.11 bits per heavy atom. The molecule has 3 nitrogen and oxygen atoms in total. The quantitative estimate of drug-likeness (QED) is 0.934. The lowest BCUT2D eigenvalue weighted by molar-refractivity contribution is 0.426. The van der Waals surface area contributed by atoms with Gasteiger partial charge in [0.05, 0.1) is 9.90 Å². The Morgan fingerprint density at radius 3 is 2.74 bits per heavy atom. The molecule has 0 atom stereocenters. The Bertz CT molecular complexity index is 578. The van der Waals surface area contributed by atoms with E-state index in [9.17, 15) is 4.39 Å². The number of hydrogen-bond donors (Lipinski definition) is 1. The monoisotopic (exact) mass is 299 g/mol. The minimum Gasteiger partial charge on any atom is -0.307 e. The van der Waals surface area contributed by atoms with E-state index in [0.29, 0.717) is 6.54 Å². The first-order valence-electron chi connectivity index (χ1n) is 5.88. The van der Waals surface area contributed by atoms with Crippen LogP contribution in [0.5, 0.6) is 0 Å². The Hall–Kier alpha value is -1.04. The van der Waals surface area contributed by atoms with Crippen LogP contribution in [0.15, 0.2) is 18.2 Å². The Morgan fingerprint density at radius 1 is 1.37 bits per heavy atom. The summed E-state index contributed by atoms with van der Waals surface area (Å²) in [4.78, 5) is 1.01. The summed E-state index contributed by atoms with van der Waals surface area (Å²) in [5.41, 5.74) is 1.55. The molecule has 0 saturated carbocycles. The summed E-state index contributed by atoms with van der Waals surface area (Å²) in [6.07, 6.45) is 0. The lowest BCUT2D eigenvalue weighted by Gasteiger charge is -2.19. The number of hydrogen-bond acceptors (Lipinski definition) is 4. The molecule has 0 bridgehead atoms. The summed E-state index contributed by atoms with van der Waals surface area (Å²) >= 11 is 7.13. The van der Waals surface area contributed by atoms with Gasteiger partial charge in [-0.2, -0.15) is 0 Å². The molecule has 6 heteroatoms. The second-order valence-electron chi connectivity index (χ2n) is 5.28. The van der Waals surface area contributed by atoms with Crippen LogP contribution in [-0.2, 0) is 6.54 Å². The van der Waals surface area contributed by atoms with Gasteiger partial charge in [0.25, 0.3) is 0 Å². The first-order valence-corrected chi connectivity index (χ1v) is 7.03. The van der Waals surface area contributed by atoms with Gasteiger partial charge in [0.15, 0.2) is 0 Å². The maximum Gasteiger partial charge on any atom is 0.141 e. The van der Waals surface area contributed by atoms with Crippen molar-refractivity contribution >= 4 is 23.1 Å². The summed E-state index contributed by atoms with van der Waals surface area (Å²) < 4.78 is 17.1. The molecular formula is C13H15ClFN3S. The van der Waals surface area contributed by atoms with Crippen LogP contribution in [0.4, 0.5) is 4.39 Å². The van der Waals surface area contributed by atoms with Crippen LogP contribution in [-0.4, -0.2) is 15.1 Å². The topological polar surface area (TPSA) is 37.8 Å². The van der Waals surface area contributed by atoms with Gasteiger partial charge in [0.1, 0.15) is 11.5 Å². The van der Waals surface area contributed by atoms with Gasteiger partial charge in [0, 0.05) is 17.6 Å². The fourth-order valence-electron chi connectivity index (χ4n) is 1.53. The minimum atomic E-state index is -0.428. The zero-order chi connectivity index (χ0) is 14.0. The van der Waals surface area contributed by atoms with E-state index in [1.807, 2.05) is 0 Å². The van der Waals surface area contributed by atoms with Crippen molar-refractivity contribution in [3.05, 3.63) is 33.9 Å². The molecule has 0 spiro atoms. The number of nitrogens with one attached hydrogen (secondary N) is 1. The zero-order valence-electron chi connectivity index (χ0n) is 11.0. The predicted molar refractivity (Wildman–Crippen MR) is 76.9 cm³/mol. The van der Waals surface area contributed by atoms with Gasteiger partial charge < -0.3 is 5.32 Å². The van der Waals surface area contributed by atoms with E-state index in [0.717, 1.165) is 16.1 Å². The predicted octanol–water partition coefficient (Wildman–Crippen LogP) is 3.89. The van der Waals surface area contributed by atoms with Crippen LogP contribution in [0.25, 0.3) is 11.3 Å². The molecule has 2 aromatic rings. The Balaban J connectivity index is 2.26. The second-order valence-corrected chi connectivity index (χ2v) is 6.52. The average molecular weight is 300 g/mol. The van der Waals surface area contributed by atoms with E-state index in [1.165, 1.54) is 17.6 Å². The van der Waals surface area contributed by atoms with Crippen molar-refractivity contribution in [2.45, 2.75) is 32.9 Å². The van der Waals surface area contributed by atoms with Crippen molar-refractivity contribution in [3.8, 4) is 11.3 Å². The zero-order valence-corrected chi connectivity index (χ0v) is 12.6. The largest absolute Gasteiger partial charge is 0.307 e. The standard InChI is InChI=1S/C13H15ClFN3S/c1-13(2,3)16-7-11-12(17-18-19-11)8-4-5-10(15)9(14)6-8/h4-6,16H,7H2,1-3H3.